The lowest BCUT2D eigenvalue weighted by Gasteiger charge is -2.46. The van der Waals surface area contributed by atoms with Crippen molar-refractivity contribution in [2.24, 2.45) is 0 Å². The number of nitrogens with zero attached hydrogens (tertiary/aromatic N) is 7. The van der Waals surface area contributed by atoms with Crippen molar-refractivity contribution in [2.75, 3.05) is 39.4 Å². The molecule has 2 saturated heterocycles. The molecule has 2 fully saturated rings. The molecule has 11 heteroatoms. The van der Waals surface area contributed by atoms with Crippen LogP contribution in [0.15, 0.2) is 36.7 Å². The van der Waals surface area contributed by atoms with Crippen LogP contribution in [0.25, 0.3) is 5.82 Å². The van der Waals surface area contributed by atoms with Gasteiger partial charge in [0.05, 0.1) is 37.3 Å². The van der Waals surface area contributed by atoms with Gasteiger partial charge in [0.15, 0.2) is 5.82 Å². The van der Waals surface area contributed by atoms with E-state index in [1.807, 2.05) is 36.1 Å². The molecular formula is C25H27N7O4. The SMILES string of the molecule is Cc1nc(-n2cnnn2)ccc1CC(=O)N1CCN2CC(c3ccc4c(c3)CCOC4=O)OCC2C1. The zero-order valence-corrected chi connectivity index (χ0v) is 20.0. The summed E-state index contributed by atoms with van der Waals surface area (Å²) in [6.45, 7) is 5.81. The third-order valence-corrected chi connectivity index (χ3v) is 7.28. The van der Waals surface area contributed by atoms with E-state index in [9.17, 15) is 9.59 Å². The number of aromatic nitrogens is 5. The molecule has 0 saturated carbocycles. The summed E-state index contributed by atoms with van der Waals surface area (Å²) in [7, 11) is 0. The summed E-state index contributed by atoms with van der Waals surface area (Å²) in [4.78, 5) is 34.0. The molecule has 3 aliphatic rings. The highest BCUT2D eigenvalue weighted by molar-refractivity contribution is 5.92. The fourth-order valence-electron chi connectivity index (χ4n) is 5.20. The first-order valence-corrected chi connectivity index (χ1v) is 12.2. The number of morpholine rings is 1. The number of ether oxygens (including phenoxy) is 2. The Morgan fingerprint density at radius 2 is 2.08 bits per heavy atom. The Labute approximate surface area is 208 Å². The molecule has 0 aliphatic carbocycles. The van der Waals surface area contributed by atoms with Gasteiger partial charge >= 0.3 is 5.97 Å². The van der Waals surface area contributed by atoms with Crippen LogP contribution in [-0.2, 0) is 27.1 Å². The maximum atomic E-state index is 13.1. The number of fused-ring (bicyclic) bond motifs is 2. The Hall–Kier alpha value is -3.70. The highest BCUT2D eigenvalue weighted by Gasteiger charge is 2.36. The smallest absolute Gasteiger partial charge is 0.338 e. The quantitative estimate of drug-likeness (QED) is 0.493. The fraction of sp³-hybridized carbons (Fsp3) is 0.440. The van der Waals surface area contributed by atoms with Gasteiger partial charge in [-0.15, -0.1) is 5.10 Å². The minimum absolute atomic E-state index is 0.0424. The molecule has 0 bridgehead atoms. The maximum absolute atomic E-state index is 13.1. The Morgan fingerprint density at radius 1 is 1.17 bits per heavy atom. The monoisotopic (exact) mass is 489 g/mol. The van der Waals surface area contributed by atoms with Gasteiger partial charge < -0.3 is 14.4 Å². The first-order chi connectivity index (χ1) is 17.5. The van der Waals surface area contributed by atoms with Gasteiger partial charge in [-0.3, -0.25) is 9.69 Å². The van der Waals surface area contributed by atoms with Crippen molar-refractivity contribution in [3.63, 3.8) is 0 Å². The van der Waals surface area contributed by atoms with Crippen molar-refractivity contribution in [1.29, 1.82) is 0 Å². The van der Waals surface area contributed by atoms with E-state index in [-0.39, 0.29) is 24.0 Å². The highest BCUT2D eigenvalue weighted by Crippen LogP contribution is 2.29. The molecule has 0 N–H and O–H groups in total. The van der Waals surface area contributed by atoms with Gasteiger partial charge in [-0.2, -0.15) is 4.68 Å². The van der Waals surface area contributed by atoms with Gasteiger partial charge in [-0.1, -0.05) is 18.2 Å². The predicted octanol–water partition coefficient (Wildman–Crippen LogP) is 0.905. The summed E-state index contributed by atoms with van der Waals surface area (Å²) in [6.07, 6.45) is 2.49. The molecule has 0 radical (unpaired) electrons. The molecule has 11 nitrogen and oxygen atoms in total. The second-order valence-corrected chi connectivity index (χ2v) is 9.46. The fourth-order valence-corrected chi connectivity index (χ4v) is 5.20. The second kappa shape index (κ2) is 9.40. The number of pyridine rings is 1. The van der Waals surface area contributed by atoms with Crippen LogP contribution >= 0.6 is 0 Å². The Bertz CT molecular complexity index is 1300. The number of tetrazole rings is 1. The topological polar surface area (TPSA) is 116 Å². The zero-order chi connectivity index (χ0) is 24.6. The molecule has 36 heavy (non-hydrogen) atoms. The van der Waals surface area contributed by atoms with Crippen LogP contribution in [0.1, 0.15) is 38.8 Å². The Balaban J connectivity index is 1.07. The van der Waals surface area contributed by atoms with Crippen LogP contribution in [0.4, 0.5) is 0 Å². The van der Waals surface area contributed by atoms with Crippen LogP contribution in [0.3, 0.4) is 0 Å². The first kappa shape index (κ1) is 22.7. The average Bonchev–Trinajstić information content (AvgIpc) is 3.44. The van der Waals surface area contributed by atoms with Gasteiger partial charge in [-0.25, -0.2) is 9.78 Å². The van der Waals surface area contributed by atoms with E-state index >= 15 is 0 Å². The predicted molar refractivity (Wildman–Crippen MR) is 126 cm³/mol. The van der Waals surface area contributed by atoms with Crippen molar-refractivity contribution in [3.8, 4) is 5.82 Å². The van der Waals surface area contributed by atoms with Crippen molar-refractivity contribution in [3.05, 3.63) is 64.6 Å². The Morgan fingerprint density at radius 3 is 2.92 bits per heavy atom. The van der Waals surface area contributed by atoms with Crippen LogP contribution in [0.5, 0.6) is 0 Å². The number of amides is 1. The second-order valence-electron chi connectivity index (χ2n) is 9.46. The molecule has 2 atom stereocenters. The lowest BCUT2D eigenvalue weighted by molar-refractivity contribution is -0.139. The summed E-state index contributed by atoms with van der Waals surface area (Å²) in [5, 5.41) is 11.1. The van der Waals surface area contributed by atoms with Crippen molar-refractivity contribution < 1.29 is 19.1 Å². The molecule has 186 valence electrons. The lowest BCUT2D eigenvalue weighted by atomic mass is 9.96. The number of carbonyl (C=O) groups is 2. The maximum Gasteiger partial charge on any atom is 0.338 e. The largest absolute Gasteiger partial charge is 0.462 e. The first-order valence-electron chi connectivity index (χ1n) is 12.2. The highest BCUT2D eigenvalue weighted by atomic mass is 16.5. The molecule has 6 rings (SSSR count). The molecular weight excluding hydrogens is 462 g/mol. The van der Waals surface area contributed by atoms with E-state index in [0.29, 0.717) is 44.1 Å². The number of piperazine rings is 1. The van der Waals surface area contributed by atoms with Gasteiger partial charge in [0.25, 0.3) is 0 Å². The van der Waals surface area contributed by atoms with Crippen molar-refractivity contribution in [2.45, 2.75) is 31.9 Å². The standard InChI is InChI=1S/C25H27N7O4/c1-16-17(3-5-23(27-16)32-15-26-28-29-32)11-24(33)31-8-7-30-13-22(36-14-20(30)12-31)19-2-4-21-18(10-19)6-9-35-25(21)34/h2-5,10,15,20,22H,6-9,11-14H2,1H3. The summed E-state index contributed by atoms with van der Waals surface area (Å²) in [5.74, 6) is 0.469. The van der Waals surface area contributed by atoms with Gasteiger partial charge in [0.1, 0.15) is 6.33 Å². The van der Waals surface area contributed by atoms with E-state index in [1.54, 1.807) is 0 Å². The number of carbonyl (C=O) groups excluding carboxylic acids is 2. The Kier molecular flexibility index (Phi) is 5.94. The summed E-state index contributed by atoms with van der Waals surface area (Å²) in [6, 6.07) is 9.82. The molecule has 1 aromatic carbocycles. The van der Waals surface area contributed by atoms with E-state index in [1.165, 1.54) is 11.0 Å². The van der Waals surface area contributed by atoms with E-state index < -0.39 is 0 Å². The average molecular weight is 490 g/mol. The lowest BCUT2D eigenvalue weighted by Crippen LogP contribution is -2.59. The molecule has 2 aromatic heterocycles. The number of hydrogen-bond donors (Lipinski definition) is 0. The summed E-state index contributed by atoms with van der Waals surface area (Å²) < 4.78 is 12.9. The molecule has 2 unspecified atom stereocenters. The van der Waals surface area contributed by atoms with Gasteiger partial charge in [0, 0.05) is 38.3 Å². The number of benzene rings is 1. The third-order valence-electron chi connectivity index (χ3n) is 7.28. The number of hydrogen-bond acceptors (Lipinski definition) is 9. The normalized spacial score (nSPS) is 22.0. The van der Waals surface area contributed by atoms with E-state index in [0.717, 1.165) is 41.9 Å². The van der Waals surface area contributed by atoms with Gasteiger partial charge in [0.2, 0.25) is 5.91 Å². The van der Waals surface area contributed by atoms with Crippen LogP contribution in [0.2, 0.25) is 0 Å². The molecule has 0 spiro atoms. The van der Waals surface area contributed by atoms with Crippen LogP contribution < -0.4 is 0 Å². The molecule has 5 heterocycles. The van der Waals surface area contributed by atoms with Crippen LogP contribution in [-0.4, -0.2) is 92.3 Å². The molecule has 1 amide bonds. The minimum atomic E-state index is -0.248. The third kappa shape index (κ3) is 4.35. The van der Waals surface area contributed by atoms with Crippen molar-refractivity contribution in [1.82, 2.24) is 35.0 Å². The van der Waals surface area contributed by atoms with Crippen molar-refractivity contribution >= 4 is 11.9 Å². The number of esters is 1. The van der Waals surface area contributed by atoms with E-state index in [4.69, 9.17) is 9.47 Å². The summed E-state index contributed by atoms with van der Waals surface area (Å²) >= 11 is 0. The molecule has 3 aliphatic heterocycles. The number of aryl methyl sites for hydroxylation is 1. The summed E-state index contributed by atoms with van der Waals surface area (Å²) in [5.41, 5.74) is 4.46. The minimum Gasteiger partial charge on any atom is -0.462 e. The zero-order valence-electron chi connectivity index (χ0n) is 20.0. The number of cyclic esters (lactones) is 1. The van der Waals surface area contributed by atoms with Crippen LogP contribution in [0, 0.1) is 6.92 Å². The molecule has 3 aromatic rings. The number of rotatable bonds is 4. The van der Waals surface area contributed by atoms with Gasteiger partial charge in [-0.05, 0) is 46.2 Å². The van der Waals surface area contributed by atoms with E-state index in [2.05, 4.69) is 31.5 Å².